The third-order valence-electron chi connectivity index (χ3n) is 8.49. The third kappa shape index (κ3) is 10.7. The Balaban J connectivity index is 0.000000204. The maximum absolute atomic E-state index is 13.5. The van der Waals surface area contributed by atoms with Gasteiger partial charge in [-0.15, -0.1) is 22.7 Å². The zero-order chi connectivity index (χ0) is 42.6. The van der Waals surface area contributed by atoms with E-state index in [1.165, 1.54) is 49.7 Å². The number of halogens is 8. The number of carboxylic acid groups (broad SMARTS) is 1. The first kappa shape index (κ1) is 44.2. The zero-order valence-corrected chi connectivity index (χ0v) is 35.9. The number of piperidine rings is 1. The highest BCUT2D eigenvalue weighted by molar-refractivity contribution is 7.14. The van der Waals surface area contributed by atoms with Crippen LogP contribution in [0.3, 0.4) is 0 Å². The van der Waals surface area contributed by atoms with Crippen LogP contribution in [-0.2, 0) is 0 Å². The van der Waals surface area contributed by atoms with E-state index in [1.807, 2.05) is 0 Å². The summed E-state index contributed by atoms with van der Waals surface area (Å²) in [6.07, 6.45) is -0.777. The molecule has 1 aliphatic rings. The van der Waals surface area contributed by atoms with Crippen molar-refractivity contribution in [2.75, 3.05) is 22.9 Å². The molecule has 2 aromatic heterocycles. The number of carbonyl (C=O) groups is 4. The average Bonchev–Trinajstić information content (AvgIpc) is 3.88. The number of nitrogens with zero attached hydrogens (tertiary/aromatic N) is 5. The van der Waals surface area contributed by atoms with Crippen LogP contribution in [0.1, 0.15) is 54.5 Å². The van der Waals surface area contributed by atoms with Crippen molar-refractivity contribution < 1.29 is 33.1 Å². The number of hydrogen-bond acceptors (Lipinski definition) is 8. The van der Waals surface area contributed by atoms with Gasteiger partial charge in [0.05, 0.1) is 32.5 Å². The normalized spacial score (nSPS) is 13.3. The predicted octanol–water partition coefficient (Wildman–Crippen LogP) is 12.7. The second-order valence-electron chi connectivity index (χ2n) is 12.5. The first-order valence-electron chi connectivity index (χ1n) is 16.9. The molecule has 0 bridgehead atoms. The van der Waals surface area contributed by atoms with Gasteiger partial charge < -0.3 is 10.0 Å². The van der Waals surface area contributed by atoms with Gasteiger partial charge in [0.25, 0.3) is 23.6 Å². The highest BCUT2D eigenvalue weighted by atomic mass is 35.5. The first-order chi connectivity index (χ1) is 28.0. The maximum Gasteiger partial charge on any atom is 0.355 e. The summed E-state index contributed by atoms with van der Waals surface area (Å²) in [6, 6.07) is 22.0. The molecule has 1 aliphatic heterocycles. The monoisotopic (exact) mass is 955 g/mol. The molecule has 4 aromatic carbocycles. The molecule has 0 atom stereocenters. The number of likely N-dealkylation sites (tertiary alicyclic amines) is 1. The lowest BCUT2D eigenvalue weighted by Gasteiger charge is -2.31. The van der Waals surface area contributed by atoms with Crippen molar-refractivity contribution >= 4 is 138 Å². The van der Waals surface area contributed by atoms with Crippen LogP contribution in [0.4, 0.5) is 30.4 Å². The number of aromatic nitrogens is 2. The number of carboxylic acids is 1. The first-order valence-corrected chi connectivity index (χ1v) is 21.0. The van der Waals surface area contributed by atoms with Gasteiger partial charge in [-0.3, -0.25) is 24.2 Å². The number of hydrogen-bond donors (Lipinski definition) is 1. The lowest BCUT2D eigenvalue weighted by molar-refractivity contribution is -0.0495. The molecule has 20 heteroatoms. The van der Waals surface area contributed by atoms with E-state index in [0.717, 1.165) is 22.7 Å². The molecule has 0 spiro atoms. The highest BCUT2D eigenvalue weighted by Crippen LogP contribution is 2.36. The minimum absolute atomic E-state index is 0.0566. The summed E-state index contributed by atoms with van der Waals surface area (Å²) in [4.78, 5) is 62.9. The fourth-order valence-corrected chi connectivity index (χ4v) is 8.37. The molecule has 0 aliphatic carbocycles. The number of amides is 3. The summed E-state index contributed by atoms with van der Waals surface area (Å²) in [7, 11) is 0. The van der Waals surface area contributed by atoms with Crippen LogP contribution in [0.2, 0.25) is 30.1 Å². The SMILES string of the molecule is O=C(O)c1csc(N(C(=O)c2ccc(Cl)cc2Cl)c2ccc(Cl)cc2)n1.O=C(c1csc(N(C(=O)c2ccc(Cl)cc2Cl)c2ccc(Cl)cc2)n1)N1CCC(F)(F)CC1. The summed E-state index contributed by atoms with van der Waals surface area (Å²) in [6.45, 7) is -0.113. The summed E-state index contributed by atoms with van der Waals surface area (Å²) < 4.78 is 26.9. The predicted molar refractivity (Wildman–Crippen MR) is 230 cm³/mol. The number of anilines is 4. The Hall–Kier alpha value is -4.38. The van der Waals surface area contributed by atoms with Gasteiger partial charge in [-0.2, -0.15) is 0 Å². The molecule has 1 fully saturated rings. The molecule has 304 valence electrons. The number of carbonyl (C=O) groups excluding carboxylic acids is 3. The van der Waals surface area contributed by atoms with Gasteiger partial charge >= 0.3 is 5.97 Å². The molecule has 6 aromatic rings. The Morgan fingerprint density at radius 2 is 1.00 bits per heavy atom. The molecular weight excluding hydrogens is 933 g/mol. The Morgan fingerprint density at radius 3 is 1.39 bits per heavy atom. The van der Waals surface area contributed by atoms with Crippen molar-refractivity contribution in [3.63, 3.8) is 0 Å². The van der Waals surface area contributed by atoms with Gasteiger partial charge in [-0.1, -0.05) is 69.6 Å². The number of thiazole rings is 2. The lowest BCUT2D eigenvalue weighted by Crippen LogP contribution is -2.42. The van der Waals surface area contributed by atoms with E-state index in [2.05, 4.69) is 9.97 Å². The van der Waals surface area contributed by atoms with Gasteiger partial charge in [0.15, 0.2) is 16.0 Å². The molecule has 0 unspecified atom stereocenters. The molecule has 0 radical (unpaired) electrons. The van der Waals surface area contributed by atoms with Crippen molar-refractivity contribution in [3.8, 4) is 0 Å². The van der Waals surface area contributed by atoms with Crippen molar-refractivity contribution in [3.05, 3.63) is 148 Å². The average molecular weight is 959 g/mol. The summed E-state index contributed by atoms with van der Waals surface area (Å²) in [5.74, 6) is -5.36. The molecule has 1 saturated heterocycles. The Bertz CT molecular complexity index is 2530. The smallest absolute Gasteiger partial charge is 0.355 e. The number of benzene rings is 4. The Labute approximate surface area is 373 Å². The number of rotatable bonds is 8. The maximum atomic E-state index is 13.5. The molecule has 1 N–H and O–H groups in total. The second-order valence-corrected chi connectivity index (χ2v) is 16.7. The van der Waals surface area contributed by atoms with Crippen molar-refractivity contribution in [2.24, 2.45) is 0 Å². The minimum Gasteiger partial charge on any atom is -0.476 e. The van der Waals surface area contributed by atoms with Gasteiger partial charge in [0, 0.05) is 56.8 Å². The van der Waals surface area contributed by atoms with Crippen LogP contribution in [0.5, 0.6) is 0 Å². The molecule has 0 saturated carbocycles. The van der Waals surface area contributed by atoms with Crippen molar-refractivity contribution in [2.45, 2.75) is 18.8 Å². The zero-order valence-electron chi connectivity index (χ0n) is 29.7. The molecule has 10 nitrogen and oxygen atoms in total. The topological polar surface area (TPSA) is 124 Å². The molecule has 7 rings (SSSR count). The highest BCUT2D eigenvalue weighted by Gasteiger charge is 2.37. The standard InChI is InChI=1S/C22H16Cl3F2N3O2S.C17H9Cl3N2O3S/c23-13-1-4-15(5-2-13)30(19(31)16-6-3-14(24)11-17(16)25)21-28-18(12-33-21)20(32)29-9-7-22(26,27)8-10-29;18-9-1-4-11(5-2-9)22(17-21-14(8-26-17)16(24)25)15(23)12-6-3-10(19)7-13(12)20/h1-6,11-12H,7-10H2;1-8H,(H,24,25). The summed E-state index contributed by atoms with van der Waals surface area (Å²) in [5.41, 5.74) is 1.25. The van der Waals surface area contributed by atoms with Gasteiger partial charge in [-0.05, 0) is 84.9 Å². The van der Waals surface area contributed by atoms with Crippen LogP contribution in [0, 0.1) is 0 Å². The van der Waals surface area contributed by atoms with Crippen LogP contribution in [0.25, 0.3) is 0 Å². The third-order valence-corrected chi connectivity index (χ3v) is 11.7. The largest absolute Gasteiger partial charge is 0.476 e. The van der Waals surface area contributed by atoms with Crippen LogP contribution >= 0.6 is 92.3 Å². The lowest BCUT2D eigenvalue weighted by atomic mass is 10.1. The fraction of sp³-hybridized carbons (Fsp3) is 0.128. The quantitative estimate of drug-likeness (QED) is 0.161. The van der Waals surface area contributed by atoms with Gasteiger partial charge in [0.2, 0.25) is 0 Å². The summed E-state index contributed by atoms with van der Waals surface area (Å²) in [5, 5.41) is 14.5. The van der Waals surface area contributed by atoms with E-state index < -0.39 is 29.6 Å². The van der Waals surface area contributed by atoms with Crippen LogP contribution in [0.15, 0.2) is 95.7 Å². The van der Waals surface area contributed by atoms with Crippen LogP contribution in [-0.4, -0.2) is 62.7 Å². The summed E-state index contributed by atoms with van der Waals surface area (Å²) >= 11 is 38.3. The van der Waals surface area contributed by atoms with Crippen molar-refractivity contribution in [1.29, 1.82) is 0 Å². The van der Waals surface area contributed by atoms with E-state index in [-0.39, 0.29) is 68.8 Å². The van der Waals surface area contributed by atoms with E-state index >= 15 is 0 Å². The second kappa shape index (κ2) is 18.9. The van der Waals surface area contributed by atoms with Crippen molar-refractivity contribution in [1.82, 2.24) is 14.9 Å². The molecule has 59 heavy (non-hydrogen) atoms. The number of aromatic carboxylic acids is 1. The number of alkyl halides is 2. The van der Waals surface area contributed by atoms with Crippen LogP contribution < -0.4 is 9.80 Å². The van der Waals surface area contributed by atoms with Gasteiger partial charge in [0.1, 0.15) is 5.69 Å². The molecular formula is C39H25Cl6F2N5O5S2. The Kier molecular flexibility index (Phi) is 14.2. The fourth-order valence-electron chi connectivity index (χ4n) is 5.51. The molecule has 3 amide bonds. The minimum atomic E-state index is -2.76. The van der Waals surface area contributed by atoms with Gasteiger partial charge in [-0.25, -0.2) is 23.5 Å². The molecule has 3 heterocycles. The van der Waals surface area contributed by atoms with E-state index in [0.29, 0.717) is 31.5 Å². The Morgan fingerprint density at radius 1 is 0.610 bits per heavy atom. The van der Waals surface area contributed by atoms with E-state index in [4.69, 9.17) is 74.7 Å². The van der Waals surface area contributed by atoms with E-state index in [1.54, 1.807) is 60.7 Å². The van der Waals surface area contributed by atoms with E-state index in [9.17, 15) is 28.0 Å².